The van der Waals surface area contributed by atoms with Crippen LogP contribution >= 0.6 is 0 Å². The van der Waals surface area contributed by atoms with E-state index in [1.54, 1.807) is 0 Å². The Kier molecular flexibility index (Phi) is 6.50. The first-order valence-electron chi connectivity index (χ1n) is 9.49. The van der Waals surface area contributed by atoms with Gasteiger partial charge in [0.15, 0.2) is 0 Å². The summed E-state index contributed by atoms with van der Waals surface area (Å²) in [5.74, 6) is 1.20. The highest BCUT2D eigenvalue weighted by Crippen LogP contribution is 2.32. The average molecular weight is 347 g/mol. The topological polar surface area (TPSA) is 55.6 Å². The van der Waals surface area contributed by atoms with Crippen molar-refractivity contribution in [3.05, 3.63) is 35.4 Å². The maximum absolute atomic E-state index is 12.4. The van der Waals surface area contributed by atoms with Crippen molar-refractivity contribution >= 4 is 6.09 Å². The van der Waals surface area contributed by atoms with Gasteiger partial charge >= 0.3 is 6.09 Å². The fourth-order valence-corrected chi connectivity index (χ4v) is 3.56. The molecule has 0 saturated carbocycles. The Balaban J connectivity index is 2.08. The van der Waals surface area contributed by atoms with Gasteiger partial charge in [0.1, 0.15) is 5.60 Å². The molecule has 0 aliphatic carbocycles. The monoisotopic (exact) mass is 346 g/mol. The lowest BCUT2D eigenvalue weighted by Crippen LogP contribution is -2.44. The second-order valence-corrected chi connectivity index (χ2v) is 8.49. The molecule has 1 saturated heterocycles. The number of likely N-dealkylation sites (tertiary alicyclic amines) is 1. The van der Waals surface area contributed by atoms with Gasteiger partial charge in [0, 0.05) is 19.0 Å². The highest BCUT2D eigenvalue weighted by Gasteiger charge is 2.31. The van der Waals surface area contributed by atoms with Crippen LogP contribution in [0.2, 0.25) is 0 Å². The van der Waals surface area contributed by atoms with Crippen LogP contribution in [0.25, 0.3) is 0 Å². The third-order valence-electron chi connectivity index (χ3n) is 4.96. The molecule has 2 rings (SSSR count). The molecule has 0 spiro atoms. The summed E-state index contributed by atoms with van der Waals surface area (Å²) in [6.45, 7) is 12.2. The SMILES string of the molecule is CC(C)c1ccc(C(CN)C2CCCN(C(=O)OC(C)(C)C)C2)cc1. The Labute approximate surface area is 152 Å². The van der Waals surface area contributed by atoms with Gasteiger partial charge in [0.25, 0.3) is 0 Å². The van der Waals surface area contributed by atoms with E-state index in [1.807, 2.05) is 25.7 Å². The van der Waals surface area contributed by atoms with Crippen LogP contribution in [0.15, 0.2) is 24.3 Å². The molecule has 1 aromatic rings. The minimum absolute atomic E-state index is 0.205. The van der Waals surface area contributed by atoms with Crippen LogP contribution in [0, 0.1) is 5.92 Å². The number of benzene rings is 1. The van der Waals surface area contributed by atoms with Crippen LogP contribution in [-0.4, -0.2) is 36.2 Å². The van der Waals surface area contributed by atoms with E-state index in [9.17, 15) is 4.79 Å². The van der Waals surface area contributed by atoms with E-state index in [1.165, 1.54) is 11.1 Å². The number of nitrogens with two attached hydrogens (primary N) is 1. The Hall–Kier alpha value is -1.55. The smallest absolute Gasteiger partial charge is 0.410 e. The highest BCUT2D eigenvalue weighted by molar-refractivity contribution is 5.68. The molecule has 1 heterocycles. The second kappa shape index (κ2) is 8.22. The van der Waals surface area contributed by atoms with Gasteiger partial charge < -0.3 is 15.4 Å². The Morgan fingerprint density at radius 2 is 1.84 bits per heavy atom. The Bertz CT molecular complexity index is 560. The normalized spacial score (nSPS) is 19.8. The first-order valence-corrected chi connectivity index (χ1v) is 9.49. The van der Waals surface area contributed by atoms with E-state index >= 15 is 0 Å². The number of ether oxygens (including phenoxy) is 1. The lowest BCUT2D eigenvalue weighted by Gasteiger charge is -2.37. The van der Waals surface area contributed by atoms with Gasteiger partial charge in [-0.05, 0) is 63.1 Å². The number of amides is 1. The molecule has 4 heteroatoms. The van der Waals surface area contributed by atoms with Gasteiger partial charge in [-0.1, -0.05) is 38.1 Å². The van der Waals surface area contributed by atoms with Gasteiger partial charge in [-0.25, -0.2) is 4.79 Å². The first kappa shape index (κ1) is 19.8. The predicted molar refractivity (Wildman–Crippen MR) is 103 cm³/mol. The zero-order valence-corrected chi connectivity index (χ0v) is 16.4. The van der Waals surface area contributed by atoms with Gasteiger partial charge in [0.05, 0.1) is 0 Å². The molecule has 1 aliphatic rings. The molecule has 1 amide bonds. The molecule has 0 bridgehead atoms. The number of piperidine rings is 1. The standard InChI is InChI=1S/C21H34N2O2/c1-15(2)16-8-10-17(11-9-16)19(13-22)18-7-6-12-23(14-18)20(24)25-21(3,4)5/h8-11,15,18-19H,6-7,12-14,22H2,1-5H3. The molecule has 25 heavy (non-hydrogen) atoms. The summed E-state index contributed by atoms with van der Waals surface area (Å²) in [7, 11) is 0. The molecule has 1 aromatic carbocycles. The van der Waals surface area contributed by atoms with Crippen LogP contribution in [0.4, 0.5) is 4.79 Å². The van der Waals surface area contributed by atoms with Crippen molar-refractivity contribution in [1.82, 2.24) is 4.90 Å². The van der Waals surface area contributed by atoms with E-state index in [-0.39, 0.29) is 12.0 Å². The fraction of sp³-hybridized carbons (Fsp3) is 0.667. The number of hydrogen-bond donors (Lipinski definition) is 1. The zero-order chi connectivity index (χ0) is 18.6. The van der Waals surface area contributed by atoms with Crippen LogP contribution < -0.4 is 5.73 Å². The largest absolute Gasteiger partial charge is 0.444 e. The molecule has 4 nitrogen and oxygen atoms in total. The average Bonchev–Trinajstić information content (AvgIpc) is 2.55. The van der Waals surface area contributed by atoms with Crippen molar-refractivity contribution in [2.24, 2.45) is 11.7 Å². The van der Waals surface area contributed by atoms with E-state index in [4.69, 9.17) is 10.5 Å². The number of rotatable bonds is 4. The van der Waals surface area contributed by atoms with E-state index in [0.29, 0.717) is 18.4 Å². The quantitative estimate of drug-likeness (QED) is 0.873. The summed E-state index contributed by atoms with van der Waals surface area (Å²) < 4.78 is 5.54. The molecular weight excluding hydrogens is 312 g/mol. The van der Waals surface area contributed by atoms with Gasteiger partial charge in [-0.3, -0.25) is 0 Å². The molecule has 1 aliphatic heterocycles. The number of carbonyl (C=O) groups excluding carboxylic acids is 1. The van der Waals surface area contributed by atoms with Crippen molar-refractivity contribution in [2.45, 2.75) is 64.9 Å². The molecule has 0 aromatic heterocycles. The summed E-state index contributed by atoms with van der Waals surface area (Å²) in [5, 5.41) is 0. The van der Waals surface area contributed by atoms with E-state index in [2.05, 4.69) is 38.1 Å². The predicted octanol–water partition coefficient (Wildman–Crippen LogP) is 4.50. The molecule has 2 N–H and O–H groups in total. The summed E-state index contributed by atoms with van der Waals surface area (Å²) in [6.07, 6.45) is 1.90. The number of nitrogens with zero attached hydrogens (tertiary/aromatic N) is 1. The van der Waals surface area contributed by atoms with Crippen molar-refractivity contribution in [2.75, 3.05) is 19.6 Å². The van der Waals surface area contributed by atoms with Crippen LogP contribution in [-0.2, 0) is 4.74 Å². The van der Waals surface area contributed by atoms with Crippen LogP contribution in [0.3, 0.4) is 0 Å². The Morgan fingerprint density at radius 1 is 1.24 bits per heavy atom. The maximum Gasteiger partial charge on any atom is 0.410 e. The highest BCUT2D eigenvalue weighted by atomic mass is 16.6. The zero-order valence-electron chi connectivity index (χ0n) is 16.4. The third kappa shape index (κ3) is 5.46. The summed E-state index contributed by atoms with van der Waals surface area (Å²) in [5.41, 5.74) is 8.29. The van der Waals surface area contributed by atoms with Crippen molar-refractivity contribution in [3.8, 4) is 0 Å². The molecule has 0 radical (unpaired) electrons. The minimum atomic E-state index is -0.454. The maximum atomic E-state index is 12.4. The third-order valence-corrected chi connectivity index (χ3v) is 4.96. The fourth-order valence-electron chi connectivity index (χ4n) is 3.56. The molecule has 2 atom stereocenters. The number of carbonyl (C=O) groups is 1. The lowest BCUT2D eigenvalue weighted by molar-refractivity contribution is 0.0152. The molecule has 1 fully saturated rings. The van der Waals surface area contributed by atoms with Crippen LogP contribution in [0.1, 0.15) is 70.4 Å². The summed E-state index contributed by atoms with van der Waals surface area (Å²) in [6, 6.07) is 8.83. The van der Waals surface area contributed by atoms with Gasteiger partial charge in [0.2, 0.25) is 0 Å². The summed E-state index contributed by atoms with van der Waals surface area (Å²) >= 11 is 0. The van der Waals surface area contributed by atoms with E-state index < -0.39 is 5.60 Å². The lowest BCUT2D eigenvalue weighted by atomic mass is 9.80. The Morgan fingerprint density at radius 3 is 2.36 bits per heavy atom. The first-order chi connectivity index (χ1) is 11.7. The summed E-state index contributed by atoms with van der Waals surface area (Å²) in [4.78, 5) is 14.3. The van der Waals surface area contributed by atoms with Crippen molar-refractivity contribution < 1.29 is 9.53 Å². The van der Waals surface area contributed by atoms with Crippen molar-refractivity contribution in [3.63, 3.8) is 0 Å². The van der Waals surface area contributed by atoms with Crippen molar-refractivity contribution in [1.29, 1.82) is 0 Å². The second-order valence-electron chi connectivity index (χ2n) is 8.49. The molecule has 140 valence electrons. The number of hydrogen-bond acceptors (Lipinski definition) is 3. The molecule has 2 unspecified atom stereocenters. The van der Waals surface area contributed by atoms with Crippen LogP contribution in [0.5, 0.6) is 0 Å². The minimum Gasteiger partial charge on any atom is -0.444 e. The molecular formula is C21H34N2O2. The van der Waals surface area contributed by atoms with Gasteiger partial charge in [-0.2, -0.15) is 0 Å². The van der Waals surface area contributed by atoms with Gasteiger partial charge in [-0.15, -0.1) is 0 Å². The van der Waals surface area contributed by atoms with E-state index in [0.717, 1.165) is 25.9 Å².